The number of carbonyl (C=O) groups excluding carboxylic acids is 1. The molecule has 2 atom stereocenters. The van der Waals surface area contributed by atoms with Crippen LogP contribution in [-0.4, -0.2) is 41.0 Å². The Morgan fingerprint density at radius 1 is 1.28 bits per heavy atom. The fourth-order valence-corrected chi connectivity index (χ4v) is 4.53. The molecule has 2 aromatic rings. The van der Waals surface area contributed by atoms with Crippen LogP contribution in [0.4, 0.5) is 5.69 Å². The molecule has 2 unspecified atom stereocenters. The summed E-state index contributed by atoms with van der Waals surface area (Å²) in [6.07, 6.45) is 5.11. The Balaban J connectivity index is 1.48. The summed E-state index contributed by atoms with van der Waals surface area (Å²) in [5, 5.41) is 3.05. The normalized spacial score (nSPS) is 26.1. The van der Waals surface area contributed by atoms with E-state index in [1.165, 1.54) is 12.8 Å². The lowest BCUT2D eigenvalue weighted by molar-refractivity contribution is -0.123. The highest BCUT2D eigenvalue weighted by Gasteiger charge is 2.44. The van der Waals surface area contributed by atoms with Crippen LogP contribution in [0.2, 0.25) is 0 Å². The monoisotopic (exact) mass is 355 g/mol. The molecule has 1 saturated heterocycles. The number of nitrogens with zero attached hydrogens (tertiary/aromatic N) is 3. The van der Waals surface area contributed by atoms with Gasteiger partial charge in [0.05, 0.1) is 18.3 Å². The Morgan fingerprint density at radius 3 is 2.96 bits per heavy atom. The number of anilines is 1. The predicted molar refractivity (Wildman–Crippen MR) is 96.9 cm³/mol. The highest BCUT2D eigenvalue weighted by Crippen LogP contribution is 2.39. The van der Waals surface area contributed by atoms with E-state index in [1.54, 1.807) is 11.3 Å². The summed E-state index contributed by atoms with van der Waals surface area (Å²) in [4.78, 5) is 22.1. The van der Waals surface area contributed by atoms with E-state index in [-0.39, 0.29) is 18.1 Å². The molecule has 1 aromatic heterocycles. The van der Waals surface area contributed by atoms with Gasteiger partial charge in [-0.15, -0.1) is 11.3 Å². The van der Waals surface area contributed by atoms with Crippen molar-refractivity contribution in [3.63, 3.8) is 0 Å². The van der Waals surface area contributed by atoms with Crippen LogP contribution in [0.1, 0.15) is 24.3 Å². The van der Waals surface area contributed by atoms with Crippen molar-refractivity contribution in [3.8, 4) is 5.75 Å². The van der Waals surface area contributed by atoms with Gasteiger partial charge in [-0.25, -0.2) is 4.98 Å². The molecule has 2 bridgehead atoms. The number of fused-ring (bicyclic) bond motifs is 3. The number of likely N-dealkylation sites (tertiary alicyclic amines) is 1. The quantitative estimate of drug-likeness (QED) is 0.846. The molecule has 0 radical (unpaired) electrons. The first-order valence-corrected chi connectivity index (χ1v) is 9.85. The molecule has 0 spiro atoms. The molecular formula is C19H21N3O2S. The summed E-state index contributed by atoms with van der Waals surface area (Å²) < 4.78 is 6.31. The van der Waals surface area contributed by atoms with Gasteiger partial charge in [0.15, 0.2) is 0 Å². The average molecular weight is 355 g/mol. The average Bonchev–Trinajstić information content (AvgIpc) is 3.11. The molecule has 130 valence electrons. The van der Waals surface area contributed by atoms with E-state index in [0.29, 0.717) is 5.92 Å². The first-order chi connectivity index (χ1) is 12.3. The zero-order valence-electron chi connectivity index (χ0n) is 14.0. The number of rotatable bonds is 4. The highest BCUT2D eigenvalue weighted by molar-refractivity contribution is 7.09. The van der Waals surface area contributed by atoms with Crippen LogP contribution < -0.4 is 9.64 Å². The molecular weight excluding hydrogens is 334 g/mol. The molecule has 1 amide bonds. The van der Waals surface area contributed by atoms with Crippen molar-refractivity contribution >= 4 is 22.9 Å². The van der Waals surface area contributed by atoms with Gasteiger partial charge in [0.2, 0.25) is 5.91 Å². The standard InChI is InChI=1S/C19H21N3O2S/c23-19-16-9-14(11-21(16)12-18-20-7-8-25-18)24-17-4-2-1-3-15(17)22(19)10-13-5-6-13/h1-4,7-8,13-14,16H,5-6,9-12H2. The third kappa shape index (κ3) is 2.93. The van der Waals surface area contributed by atoms with E-state index in [0.717, 1.165) is 42.5 Å². The van der Waals surface area contributed by atoms with E-state index in [2.05, 4.69) is 9.88 Å². The van der Waals surface area contributed by atoms with Crippen LogP contribution in [0.15, 0.2) is 35.8 Å². The van der Waals surface area contributed by atoms with Crippen molar-refractivity contribution in [2.24, 2.45) is 5.92 Å². The number of hydrogen-bond donors (Lipinski definition) is 0. The van der Waals surface area contributed by atoms with E-state index < -0.39 is 0 Å². The molecule has 2 aliphatic heterocycles. The molecule has 25 heavy (non-hydrogen) atoms. The fourth-order valence-electron chi connectivity index (χ4n) is 3.89. The molecule has 2 fully saturated rings. The van der Waals surface area contributed by atoms with Gasteiger partial charge < -0.3 is 9.64 Å². The first kappa shape index (κ1) is 15.3. The molecule has 1 saturated carbocycles. The Labute approximate surface area is 151 Å². The molecule has 6 heteroatoms. The van der Waals surface area contributed by atoms with E-state index in [1.807, 2.05) is 40.7 Å². The maximum absolute atomic E-state index is 13.4. The van der Waals surface area contributed by atoms with Crippen LogP contribution in [0.3, 0.4) is 0 Å². The number of hydrogen-bond acceptors (Lipinski definition) is 5. The van der Waals surface area contributed by atoms with Gasteiger partial charge in [-0.2, -0.15) is 0 Å². The van der Waals surface area contributed by atoms with E-state index >= 15 is 0 Å². The summed E-state index contributed by atoms with van der Waals surface area (Å²) in [5.74, 6) is 1.71. The lowest BCUT2D eigenvalue weighted by atomic mass is 10.1. The van der Waals surface area contributed by atoms with Gasteiger partial charge in [-0.05, 0) is 30.9 Å². The summed E-state index contributed by atoms with van der Waals surface area (Å²) in [7, 11) is 0. The van der Waals surface area contributed by atoms with E-state index in [9.17, 15) is 4.79 Å². The third-order valence-electron chi connectivity index (χ3n) is 5.33. The van der Waals surface area contributed by atoms with Crippen LogP contribution >= 0.6 is 11.3 Å². The van der Waals surface area contributed by atoms with Gasteiger partial charge in [-0.3, -0.25) is 9.69 Å². The minimum absolute atomic E-state index is 0.0677. The molecule has 0 N–H and O–H groups in total. The van der Waals surface area contributed by atoms with E-state index in [4.69, 9.17) is 4.74 Å². The number of thiazole rings is 1. The topological polar surface area (TPSA) is 45.7 Å². The predicted octanol–water partition coefficient (Wildman–Crippen LogP) is 2.92. The maximum Gasteiger partial charge on any atom is 0.244 e. The summed E-state index contributed by atoms with van der Waals surface area (Å²) in [6.45, 7) is 2.31. The van der Waals surface area contributed by atoms with Crippen LogP contribution in [0.25, 0.3) is 0 Å². The Morgan fingerprint density at radius 2 is 2.16 bits per heavy atom. The van der Waals surface area contributed by atoms with Crippen molar-refractivity contribution < 1.29 is 9.53 Å². The van der Waals surface area contributed by atoms with Gasteiger partial charge in [-0.1, -0.05) is 12.1 Å². The van der Waals surface area contributed by atoms with Crippen LogP contribution in [-0.2, 0) is 11.3 Å². The van der Waals surface area contributed by atoms with Crippen molar-refractivity contribution in [1.29, 1.82) is 0 Å². The Bertz CT molecular complexity index is 775. The number of aromatic nitrogens is 1. The Hall–Kier alpha value is -1.92. The molecule has 5 nitrogen and oxygen atoms in total. The summed E-state index contributed by atoms with van der Waals surface area (Å²) in [5.41, 5.74) is 0.935. The van der Waals surface area contributed by atoms with Crippen molar-refractivity contribution in [2.75, 3.05) is 18.0 Å². The second-order valence-corrected chi connectivity index (χ2v) is 8.19. The summed E-state index contributed by atoms with van der Waals surface area (Å²) >= 11 is 1.65. The van der Waals surface area contributed by atoms with Gasteiger partial charge in [0.25, 0.3) is 0 Å². The number of carbonyl (C=O) groups is 1. The highest BCUT2D eigenvalue weighted by atomic mass is 32.1. The minimum atomic E-state index is -0.110. The lowest BCUT2D eigenvalue weighted by Crippen LogP contribution is -2.46. The van der Waals surface area contributed by atoms with Crippen molar-refractivity contribution in [1.82, 2.24) is 9.88 Å². The van der Waals surface area contributed by atoms with Crippen molar-refractivity contribution in [2.45, 2.75) is 38.0 Å². The molecule has 1 aliphatic carbocycles. The first-order valence-electron chi connectivity index (χ1n) is 8.97. The molecule has 3 aliphatic rings. The van der Waals surface area contributed by atoms with Crippen molar-refractivity contribution in [3.05, 3.63) is 40.8 Å². The molecule has 3 heterocycles. The zero-order valence-corrected chi connectivity index (χ0v) is 14.8. The summed E-state index contributed by atoms with van der Waals surface area (Å²) in [6, 6.07) is 7.88. The van der Waals surface area contributed by atoms with Gasteiger partial charge >= 0.3 is 0 Å². The second kappa shape index (κ2) is 6.11. The minimum Gasteiger partial charge on any atom is -0.487 e. The largest absolute Gasteiger partial charge is 0.487 e. The fraction of sp³-hybridized carbons (Fsp3) is 0.474. The SMILES string of the molecule is O=C1C2CC(CN2Cc2nccs2)Oc2ccccc2N1CC1CC1. The van der Waals surface area contributed by atoms with Gasteiger partial charge in [0, 0.05) is 31.1 Å². The van der Waals surface area contributed by atoms with Crippen LogP contribution in [0, 0.1) is 5.92 Å². The third-order valence-corrected chi connectivity index (χ3v) is 6.09. The number of para-hydroxylation sites is 2. The zero-order chi connectivity index (χ0) is 16.8. The number of ether oxygens (including phenoxy) is 1. The van der Waals surface area contributed by atoms with Gasteiger partial charge in [0.1, 0.15) is 16.9 Å². The van der Waals surface area contributed by atoms with Crippen LogP contribution in [0.5, 0.6) is 5.75 Å². The molecule has 5 rings (SSSR count). The smallest absolute Gasteiger partial charge is 0.244 e. The maximum atomic E-state index is 13.4. The molecule has 1 aromatic carbocycles. The lowest BCUT2D eigenvalue weighted by Gasteiger charge is -2.31. The number of amides is 1. The second-order valence-electron chi connectivity index (χ2n) is 7.21. The Kier molecular flexibility index (Phi) is 3.75. The number of benzene rings is 1.